The number of aryl methyl sites for hydroxylation is 1. The van der Waals surface area contributed by atoms with E-state index in [9.17, 15) is 0 Å². The fraction of sp³-hybridized carbons (Fsp3) is 0.462. The minimum atomic E-state index is 0.224. The second-order valence-corrected chi connectivity index (χ2v) is 4.94. The smallest absolute Gasteiger partial charge is 0.0660 e. The highest BCUT2D eigenvalue weighted by Crippen LogP contribution is 2.30. The van der Waals surface area contributed by atoms with Gasteiger partial charge in [0, 0.05) is 6.21 Å². The molecule has 1 nitrogen and oxygen atoms in total. The van der Waals surface area contributed by atoms with E-state index in [1.807, 2.05) is 6.21 Å². The molecule has 1 aliphatic heterocycles. The predicted molar refractivity (Wildman–Crippen MR) is 61.6 cm³/mol. The molecule has 0 saturated heterocycles. The third kappa shape index (κ3) is 1.72. The summed E-state index contributed by atoms with van der Waals surface area (Å²) in [5.74, 6) is 0. The fourth-order valence-corrected chi connectivity index (χ4v) is 1.74. The van der Waals surface area contributed by atoms with Crippen LogP contribution >= 0.6 is 0 Å². The molecule has 0 amide bonds. The van der Waals surface area contributed by atoms with Crippen LogP contribution in [0.1, 0.15) is 38.3 Å². The molecule has 1 aromatic rings. The van der Waals surface area contributed by atoms with Crippen molar-refractivity contribution in [3.63, 3.8) is 0 Å². The third-order valence-corrected chi connectivity index (χ3v) is 2.72. The van der Waals surface area contributed by atoms with Gasteiger partial charge in [-0.15, -0.1) is 0 Å². The van der Waals surface area contributed by atoms with Crippen molar-refractivity contribution in [3.8, 4) is 0 Å². The van der Waals surface area contributed by atoms with Crippen molar-refractivity contribution in [2.45, 2.75) is 39.0 Å². The molecule has 0 radical (unpaired) electrons. The highest BCUT2D eigenvalue weighted by atomic mass is 14.7. The van der Waals surface area contributed by atoms with Gasteiger partial charge in [-0.3, -0.25) is 4.99 Å². The Morgan fingerprint density at radius 1 is 1.21 bits per heavy atom. The van der Waals surface area contributed by atoms with E-state index in [0.717, 1.165) is 12.8 Å². The number of hydrogen-bond acceptors (Lipinski definition) is 1. The zero-order chi connectivity index (χ0) is 10.2. The van der Waals surface area contributed by atoms with E-state index in [1.54, 1.807) is 0 Å². The molecule has 1 aromatic carbocycles. The van der Waals surface area contributed by atoms with Gasteiger partial charge >= 0.3 is 0 Å². The lowest BCUT2D eigenvalue weighted by Crippen LogP contribution is -2.11. The zero-order valence-electron chi connectivity index (χ0n) is 9.17. The van der Waals surface area contributed by atoms with Gasteiger partial charge in [-0.25, -0.2) is 0 Å². The van der Waals surface area contributed by atoms with Gasteiger partial charge in [0.1, 0.15) is 0 Å². The number of rotatable bonds is 0. The summed E-state index contributed by atoms with van der Waals surface area (Å²) in [6.45, 7) is 6.71. The lowest BCUT2D eigenvalue weighted by atomic mass is 9.85. The summed E-state index contributed by atoms with van der Waals surface area (Å²) in [6, 6.07) is 6.69. The molecule has 0 N–H and O–H groups in total. The van der Waals surface area contributed by atoms with Crippen molar-refractivity contribution >= 4 is 11.9 Å². The van der Waals surface area contributed by atoms with Gasteiger partial charge in [-0.2, -0.15) is 0 Å². The zero-order valence-corrected chi connectivity index (χ0v) is 9.17. The van der Waals surface area contributed by atoms with Gasteiger partial charge in [-0.05, 0) is 35.4 Å². The van der Waals surface area contributed by atoms with Gasteiger partial charge in [0.25, 0.3) is 0 Å². The SMILES string of the molecule is CC(C)(C)c1ccc2c(c1)N=CCC2. The molecule has 0 spiro atoms. The van der Waals surface area contributed by atoms with Crippen molar-refractivity contribution in [1.29, 1.82) is 0 Å². The highest BCUT2D eigenvalue weighted by molar-refractivity contribution is 5.69. The van der Waals surface area contributed by atoms with Crippen LogP contribution in [0.15, 0.2) is 23.2 Å². The molecule has 0 aromatic heterocycles. The third-order valence-electron chi connectivity index (χ3n) is 2.72. The molecule has 74 valence electrons. The topological polar surface area (TPSA) is 12.4 Å². The summed E-state index contributed by atoms with van der Waals surface area (Å²) in [5, 5.41) is 0. The van der Waals surface area contributed by atoms with Crippen LogP contribution in [-0.4, -0.2) is 6.21 Å². The second-order valence-electron chi connectivity index (χ2n) is 4.94. The largest absolute Gasteiger partial charge is 0.261 e. The van der Waals surface area contributed by atoms with Gasteiger partial charge in [0.05, 0.1) is 5.69 Å². The minimum absolute atomic E-state index is 0.224. The second kappa shape index (κ2) is 3.23. The van der Waals surface area contributed by atoms with Gasteiger partial charge in [0.15, 0.2) is 0 Å². The van der Waals surface area contributed by atoms with Gasteiger partial charge < -0.3 is 0 Å². The van der Waals surface area contributed by atoms with Crippen molar-refractivity contribution < 1.29 is 0 Å². The Morgan fingerprint density at radius 2 is 2.00 bits per heavy atom. The molecule has 2 rings (SSSR count). The molecule has 0 saturated carbocycles. The molecule has 14 heavy (non-hydrogen) atoms. The van der Waals surface area contributed by atoms with Crippen LogP contribution < -0.4 is 0 Å². The quantitative estimate of drug-likeness (QED) is 0.588. The molecule has 1 aliphatic rings. The highest BCUT2D eigenvalue weighted by Gasteiger charge is 2.15. The van der Waals surface area contributed by atoms with Crippen LogP contribution in [0.5, 0.6) is 0 Å². The monoisotopic (exact) mass is 187 g/mol. The van der Waals surface area contributed by atoms with E-state index in [2.05, 4.69) is 44.0 Å². The Morgan fingerprint density at radius 3 is 2.71 bits per heavy atom. The van der Waals surface area contributed by atoms with Crippen molar-refractivity contribution in [2.75, 3.05) is 0 Å². The maximum atomic E-state index is 4.44. The standard InChI is InChI=1S/C13H17N/c1-13(2,3)11-7-6-10-5-4-8-14-12(10)9-11/h6-9H,4-5H2,1-3H3. The lowest BCUT2D eigenvalue weighted by molar-refractivity contribution is 0.590. The van der Waals surface area contributed by atoms with E-state index in [-0.39, 0.29) is 5.41 Å². The Hall–Kier alpha value is -1.11. The summed E-state index contributed by atoms with van der Waals surface area (Å²) in [6.07, 6.45) is 4.25. The summed E-state index contributed by atoms with van der Waals surface area (Å²) < 4.78 is 0. The molecule has 0 fully saturated rings. The van der Waals surface area contributed by atoms with Crippen LogP contribution in [0.2, 0.25) is 0 Å². The molecule has 1 heterocycles. The first-order chi connectivity index (χ1) is 6.57. The first kappa shape index (κ1) is 9.45. The summed E-state index contributed by atoms with van der Waals surface area (Å²) in [4.78, 5) is 4.44. The summed E-state index contributed by atoms with van der Waals surface area (Å²) in [5.41, 5.74) is 4.15. The van der Waals surface area contributed by atoms with Crippen molar-refractivity contribution in [1.82, 2.24) is 0 Å². The van der Waals surface area contributed by atoms with E-state index in [0.29, 0.717) is 0 Å². The van der Waals surface area contributed by atoms with Crippen LogP contribution in [0.4, 0.5) is 5.69 Å². The number of benzene rings is 1. The normalized spacial score (nSPS) is 15.4. The number of nitrogens with zero attached hydrogens (tertiary/aromatic N) is 1. The van der Waals surface area contributed by atoms with E-state index in [4.69, 9.17) is 0 Å². The Balaban J connectivity index is 2.45. The molecule has 0 aliphatic carbocycles. The maximum Gasteiger partial charge on any atom is 0.0660 e. The first-order valence-corrected chi connectivity index (χ1v) is 5.23. The molecular formula is C13H17N. The Kier molecular flexibility index (Phi) is 2.18. The van der Waals surface area contributed by atoms with E-state index >= 15 is 0 Å². The van der Waals surface area contributed by atoms with Crippen LogP contribution in [0.25, 0.3) is 0 Å². The van der Waals surface area contributed by atoms with Crippen LogP contribution in [0.3, 0.4) is 0 Å². The van der Waals surface area contributed by atoms with Crippen molar-refractivity contribution in [2.24, 2.45) is 4.99 Å². The molecule has 0 bridgehead atoms. The summed E-state index contributed by atoms with van der Waals surface area (Å²) >= 11 is 0. The Bertz CT molecular complexity index is 369. The minimum Gasteiger partial charge on any atom is -0.261 e. The molecular weight excluding hydrogens is 170 g/mol. The average Bonchev–Trinajstić information content (AvgIpc) is 2.16. The van der Waals surface area contributed by atoms with Crippen molar-refractivity contribution in [3.05, 3.63) is 29.3 Å². The molecule has 0 atom stereocenters. The molecule has 1 heteroatoms. The first-order valence-electron chi connectivity index (χ1n) is 5.23. The molecule has 0 unspecified atom stereocenters. The number of aliphatic imine (C=N–C) groups is 1. The lowest BCUT2D eigenvalue weighted by Gasteiger charge is -2.21. The number of fused-ring (bicyclic) bond motifs is 1. The fourth-order valence-electron chi connectivity index (χ4n) is 1.74. The predicted octanol–water partition coefficient (Wildman–Crippen LogP) is 3.63. The summed E-state index contributed by atoms with van der Waals surface area (Å²) in [7, 11) is 0. The van der Waals surface area contributed by atoms with E-state index < -0.39 is 0 Å². The van der Waals surface area contributed by atoms with E-state index in [1.165, 1.54) is 16.8 Å². The van der Waals surface area contributed by atoms with Gasteiger partial charge in [0.2, 0.25) is 0 Å². The number of hydrogen-bond donors (Lipinski definition) is 0. The Labute approximate surface area is 85.9 Å². The van der Waals surface area contributed by atoms with Crippen LogP contribution in [0, 0.1) is 0 Å². The van der Waals surface area contributed by atoms with Crippen LogP contribution in [-0.2, 0) is 11.8 Å². The average molecular weight is 187 g/mol. The maximum absolute atomic E-state index is 4.44. The van der Waals surface area contributed by atoms with Gasteiger partial charge in [-0.1, -0.05) is 32.9 Å².